The van der Waals surface area contributed by atoms with Crippen LogP contribution in [0.4, 0.5) is 5.69 Å². The highest BCUT2D eigenvalue weighted by Gasteiger charge is 2.33. The molecule has 220 valence electrons. The molecule has 1 N–H and O–H groups in total. The lowest BCUT2D eigenvalue weighted by atomic mass is 10.0. The quantitative estimate of drug-likeness (QED) is 0.279. The first-order valence-electron chi connectivity index (χ1n) is 13.1. The van der Waals surface area contributed by atoms with E-state index in [9.17, 15) is 18.0 Å². The molecule has 3 aromatic carbocycles. The zero-order valence-corrected chi connectivity index (χ0v) is 25.8. The van der Waals surface area contributed by atoms with Crippen LogP contribution in [-0.2, 0) is 32.6 Å². The summed E-state index contributed by atoms with van der Waals surface area (Å²) in [5.74, 6) is -0.383. The Morgan fingerprint density at radius 2 is 1.66 bits per heavy atom. The number of carbonyl (C=O) groups is 2. The van der Waals surface area contributed by atoms with Crippen LogP contribution in [0.15, 0.2) is 72.8 Å². The van der Waals surface area contributed by atoms with E-state index in [4.69, 9.17) is 27.9 Å². The van der Waals surface area contributed by atoms with E-state index in [2.05, 4.69) is 5.32 Å². The standard InChI is InChI=1S/C30H35Cl2N3O5S/c1-5-21(2)33-30(37)28(17-22-9-7-6-8-10-22)34(19-23-11-12-24(31)18-27(23)32)29(36)20-35(41(4,38)39)25-13-15-26(40-3)16-14-25/h6-16,18,21,28H,5,17,19-20H2,1-4H3,(H,33,37)/t21-,28-/m0/s1. The predicted octanol–water partition coefficient (Wildman–Crippen LogP) is 5.32. The van der Waals surface area contributed by atoms with Gasteiger partial charge in [0.1, 0.15) is 18.3 Å². The molecule has 3 rings (SSSR count). The van der Waals surface area contributed by atoms with E-state index in [0.717, 1.165) is 16.1 Å². The van der Waals surface area contributed by atoms with Crippen molar-refractivity contribution in [1.82, 2.24) is 10.2 Å². The SMILES string of the molecule is CC[C@H](C)NC(=O)[C@H](Cc1ccccc1)N(Cc1ccc(Cl)cc1Cl)C(=O)CN(c1ccc(OC)cc1)S(C)(=O)=O. The molecule has 2 amide bonds. The highest BCUT2D eigenvalue weighted by atomic mass is 35.5. The number of halogens is 2. The number of methoxy groups -OCH3 is 1. The molecular formula is C30H35Cl2N3O5S. The average Bonchev–Trinajstić information content (AvgIpc) is 2.94. The Labute approximate surface area is 252 Å². The molecule has 3 aromatic rings. The van der Waals surface area contributed by atoms with Gasteiger partial charge in [-0.05, 0) is 60.9 Å². The van der Waals surface area contributed by atoms with Gasteiger partial charge in [0.2, 0.25) is 21.8 Å². The normalized spacial score (nSPS) is 12.7. The van der Waals surface area contributed by atoms with Gasteiger partial charge >= 0.3 is 0 Å². The minimum atomic E-state index is -3.88. The summed E-state index contributed by atoms with van der Waals surface area (Å²) < 4.78 is 32.0. The van der Waals surface area contributed by atoms with Gasteiger partial charge in [-0.2, -0.15) is 0 Å². The number of rotatable bonds is 13. The topological polar surface area (TPSA) is 96.0 Å². The number of amides is 2. The van der Waals surface area contributed by atoms with Crippen molar-refractivity contribution in [3.63, 3.8) is 0 Å². The number of hydrogen-bond donors (Lipinski definition) is 1. The fourth-order valence-corrected chi connectivity index (χ4v) is 5.51. The number of hydrogen-bond acceptors (Lipinski definition) is 5. The summed E-state index contributed by atoms with van der Waals surface area (Å²) in [6, 6.07) is 19.5. The molecule has 0 saturated carbocycles. The fraction of sp³-hybridized carbons (Fsp3) is 0.333. The zero-order chi connectivity index (χ0) is 30.2. The second-order valence-corrected chi connectivity index (χ2v) is 12.5. The molecular weight excluding hydrogens is 585 g/mol. The van der Waals surface area contributed by atoms with E-state index in [1.165, 1.54) is 12.0 Å². The third-order valence-electron chi connectivity index (χ3n) is 6.67. The van der Waals surface area contributed by atoms with Gasteiger partial charge in [0.15, 0.2) is 0 Å². The highest BCUT2D eigenvalue weighted by Crippen LogP contribution is 2.26. The van der Waals surface area contributed by atoms with Crippen LogP contribution in [-0.4, -0.2) is 57.1 Å². The molecule has 0 fully saturated rings. The molecule has 0 aromatic heterocycles. The maximum Gasteiger partial charge on any atom is 0.244 e. The van der Waals surface area contributed by atoms with Crippen molar-refractivity contribution in [2.45, 2.75) is 45.3 Å². The van der Waals surface area contributed by atoms with E-state index in [0.29, 0.717) is 27.8 Å². The first kappa shape index (κ1) is 32.2. The number of benzene rings is 3. The van der Waals surface area contributed by atoms with E-state index in [-0.39, 0.29) is 30.6 Å². The summed E-state index contributed by atoms with van der Waals surface area (Å²) in [5.41, 5.74) is 1.69. The molecule has 0 saturated heterocycles. The van der Waals surface area contributed by atoms with Crippen LogP contribution in [0.5, 0.6) is 5.75 Å². The monoisotopic (exact) mass is 619 g/mol. The molecule has 0 radical (unpaired) electrons. The first-order chi connectivity index (χ1) is 19.4. The molecule has 0 heterocycles. The minimum Gasteiger partial charge on any atom is -0.497 e. The zero-order valence-electron chi connectivity index (χ0n) is 23.5. The van der Waals surface area contributed by atoms with Crippen LogP contribution >= 0.6 is 23.2 Å². The van der Waals surface area contributed by atoms with Crippen LogP contribution in [0.3, 0.4) is 0 Å². The largest absolute Gasteiger partial charge is 0.497 e. The van der Waals surface area contributed by atoms with Crippen LogP contribution in [0.2, 0.25) is 10.0 Å². The van der Waals surface area contributed by atoms with E-state index < -0.39 is 28.5 Å². The van der Waals surface area contributed by atoms with Gasteiger partial charge in [0.05, 0.1) is 19.1 Å². The number of sulfonamides is 1. The number of ether oxygens (including phenoxy) is 1. The smallest absolute Gasteiger partial charge is 0.244 e. The van der Waals surface area contributed by atoms with Gasteiger partial charge < -0.3 is 15.0 Å². The Morgan fingerprint density at radius 3 is 2.22 bits per heavy atom. The Kier molecular flexibility index (Phi) is 11.5. The summed E-state index contributed by atoms with van der Waals surface area (Å²) in [6.07, 6.45) is 1.93. The van der Waals surface area contributed by atoms with Gasteiger partial charge in [-0.25, -0.2) is 8.42 Å². The Hall–Kier alpha value is -3.27. The van der Waals surface area contributed by atoms with Crippen LogP contribution in [0, 0.1) is 0 Å². The van der Waals surface area contributed by atoms with Crippen LogP contribution in [0.25, 0.3) is 0 Å². The molecule has 0 bridgehead atoms. The van der Waals surface area contributed by atoms with Crippen molar-refractivity contribution in [3.05, 3.63) is 94.0 Å². The number of anilines is 1. The summed E-state index contributed by atoms with van der Waals surface area (Å²) in [5, 5.41) is 3.74. The van der Waals surface area contributed by atoms with Gasteiger partial charge in [-0.3, -0.25) is 13.9 Å². The highest BCUT2D eigenvalue weighted by molar-refractivity contribution is 7.92. The fourth-order valence-electron chi connectivity index (χ4n) is 4.19. The van der Waals surface area contributed by atoms with E-state index >= 15 is 0 Å². The van der Waals surface area contributed by atoms with E-state index in [1.807, 2.05) is 44.2 Å². The lowest BCUT2D eigenvalue weighted by Crippen LogP contribution is -2.54. The molecule has 11 heteroatoms. The van der Waals surface area contributed by atoms with Crippen LogP contribution < -0.4 is 14.4 Å². The van der Waals surface area contributed by atoms with Gasteiger partial charge in [-0.15, -0.1) is 0 Å². The molecule has 0 unspecified atom stereocenters. The second kappa shape index (κ2) is 14.6. The Morgan fingerprint density at radius 1 is 1.00 bits per heavy atom. The Bertz CT molecular complexity index is 1440. The third-order valence-corrected chi connectivity index (χ3v) is 8.40. The minimum absolute atomic E-state index is 0.0412. The molecule has 0 spiro atoms. The molecule has 0 aliphatic rings. The van der Waals surface area contributed by atoms with Gasteiger partial charge in [-0.1, -0.05) is 66.5 Å². The molecule has 41 heavy (non-hydrogen) atoms. The lowest BCUT2D eigenvalue weighted by Gasteiger charge is -2.34. The molecule has 0 aliphatic heterocycles. The summed E-state index contributed by atoms with van der Waals surface area (Å²) in [7, 11) is -2.38. The second-order valence-electron chi connectivity index (χ2n) is 9.75. The van der Waals surface area contributed by atoms with Gasteiger partial charge in [0.25, 0.3) is 0 Å². The first-order valence-corrected chi connectivity index (χ1v) is 15.7. The summed E-state index contributed by atoms with van der Waals surface area (Å²) in [4.78, 5) is 29.2. The summed E-state index contributed by atoms with van der Waals surface area (Å²) in [6.45, 7) is 3.26. The maximum atomic E-state index is 14.1. The average molecular weight is 621 g/mol. The van der Waals surface area contributed by atoms with Crippen LogP contribution in [0.1, 0.15) is 31.4 Å². The number of nitrogens with zero attached hydrogens (tertiary/aromatic N) is 2. The predicted molar refractivity (Wildman–Crippen MR) is 164 cm³/mol. The lowest BCUT2D eigenvalue weighted by molar-refractivity contribution is -0.140. The van der Waals surface area contributed by atoms with E-state index in [1.54, 1.807) is 42.5 Å². The van der Waals surface area contributed by atoms with Crippen molar-refractivity contribution in [2.24, 2.45) is 0 Å². The van der Waals surface area contributed by atoms with Crippen molar-refractivity contribution in [1.29, 1.82) is 0 Å². The Balaban J connectivity index is 2.08. The van der Waals surface area contributed by atoms with Crippen molar-refractivity contribution in [3.8, 4) is 5.75 Å². The summed E-state index contributed by atoms with van der Waals surface area (Å²) >= 11 is 12.6. The molecule has 0 aliphatic carbocycles. The number of carbonyl (C=O) groups excluding carboxylic acids is 2. The van der Waals surface area contributed by atoms with Crippen molar-refractivity contribution in [2.75, 3.05) is 24.2 Å². The molecule has 2 atom stereocenters. The third kappa shape index (κ3) is 9.11. The van der Waals surface area contributed by atoms with Gasteiger partial charge in [0, 0.05) is 29.1 Å². The van der Waals surface area contributed by atoms with Crippen molar-refractivity contribution < 1.29 is 22.7 Å². The molecule has 8 nitrogen and oxygen atoms in total. The number of nitrogens with one attached hydrogen (secondary N) is 1. The maximum absolute atomic E-state index is 14.1. The van der Waals surface area contributed by atoms with Crippen molar-refractivity contribution >= 4 is 50.7 Å².